The Kier molecular flexibility index (Phi) is 9.79. The molecule has 0 atom stereocenters. The van der Waals surface area contributed by atoms with Crippen LogP contribution in [-0.4, -0.2) is 20.1 Å². The molecule has 0 spiro atoms. The van der Waals surface area contributed by atoms with Gasteiger partial charge in [0.05, 0.1) is 11.3 Å². The molecule has 240 valence electrons. The van der Waals surface area contributed by atoms with Crippen molar-refractivity contribution in [3.8, 4) is 39.4 Å². The molecule has 3 aromatic heterocycles. The Hall–Kier alpha value is -4.60. The SMILES string of the molecule is CC(C)(C)c1cc(-c2cc(-c3[c-]c(N(c4ccccc4)c4ccccn4)ccc3)nc(-c3cnccc3O)c2)cc(C(C)(C)C)c1.[Pt]. The molecule has 6 rings (SSSR count). The summed E-state index contributed by atoms with van der Waals surface area (Å²) in [4.78, 5) is 16.1. The van der Waals surface area contributed by atoms with Gasteiger partial charge in [-0.3, -0.25) is 9.97 Å². The predicted molar refractivity (Wildman–Crippen MR) is 189 cm³/mol. The van der Waals surface area contributed by atoms with Crippen molar-refractivity contribution < 1.29 is 26.2 Å². The first kappa shape index (κ1) is 33.8. The van der Waals surface area contributed by atoms with E-state index in [-0.39, 0.29) is 37.6 Å². The maximum Gasteiger partial charge on any atom is 0.136 e. The largest absolute Gasteiger partial charge is 0.507 e. The van der Waals surface area contributed by atoms with Gasteiger partial charge in [0.25, 0.3) is 0 Å². The molecule has 1 N–H and O–H groups in total. The number of rotatable bonds is 6. The number of pyridine rings is 3. The van der Waals surface area contributed by atoms with Gasteiger partial charge in [0.2, 0.25) is 0 Å². The van der Waals surface area contributed by atoms with E-state index in [0.717, 1.165) is 39.6 Å². The molecule has 5 nitrogen and oxygen atoms in total. The molecule has 6 aromatic rings. The number of anilines is 3. The van der Waals surface area contributed by atoms with Crippen LogP contribution in [0.4, 0.5) is 17.2 Å². The first-order chi connectivity index (χ1) is 22.0. The Balaban J connectivity index is 0.00000433. The van der Waals surface area contributed by atoms with Crippen LogP contribution < -0.4 is 4.90 Å². The second kappa shape index (κ2) is 13.6. The van der Waals surface area contributed by atoms with Crippen molar-refractivity contribution in [3.63, 3.8) is 0 Å². The van der Waals surface area contributed by atoms with Gasteiger partial charge in [0.1, 0.15) is 11.6 Å². The van der Waals surface area contributed by atoms with Crippen molar-refractivity contribution in [1.29, 1.82) is 0 Å². The Morgan fingerprint density at radius 3 is 1.96 bits per heavy atom. The van der Waals surface area contributed by atoms with Crippen molar-refractivity contribution >= 4 is 17.2 Å². The van der Waals surface area contributed by atoms with Crippen LogP contribution in [0.5, 0.6) is 5.75 Å². The third kappa shape index (κ3) is 7.53. The molecule has 0 fully saturated rings. The summed E-state index contributed by atoms with van der Waals surface area (Å²) in [6.45, 7) is 13.5. The monoisotopic (exact) mass is 798 g/mol. The zero-order valence-corrected chi connectivity index (χ0v) is 29.9. The maximum atomic E-state index is 10.9. The van der Waals surface area contributed by atoms with E-state index in [1.165, 1.54) is 11.1 Å². The quantitative estimate of drug-likeness (QED) is 0.170. The van der Waals surface area contributed by atoms with Crippen LogP contribution in [-0.2, 0) is 31.9 Å². The van der Waals surface area contributed by atoms with E-state index in [1.54, 1.807) is 24.7 Å². The molecule has 0 radical (unpaired) electrons. The predicted octanol–water partition coefficient (Wildman–Crippen LogP) is 10.4. The number of benzene rings is 3. The summed E-state index contributed by atoms with van der Waals surface area (Å²) in [5.74, 6) is 0.922. The van der Waals surface area contributed by atoms with Crippen LogP contribution in [0, 0.1) is 6.07 Å². The second-order valence-electron chi connectivity index (χ2n) is 13.6. The Morgan fingerprint density at radius 2 is 1.32 bits per heavy atom. The fraction of sp³-hybridized carbons (Fsp3) is 0.195. The van der Waals surface area contributed by atoms with Crippen molar-refractivity contribution in [2.24, 2.45) is 0 Å². The molecular weight excluding hydrogens is 760 g/mol. The van der Waals surface area contributed by atoms with Gasteiger partial charge in [-0.2, -0.15) is 0 Å². The minimum absolute atomic E-state index is 0. The molecule has 0 saturated carbocycles. The van der Waals surface area contributed by atoms with Crippen molar-refractivity contribution in [1.82, 2.24) is 15.0 Å². The number of hydrogen-bond donors (Lipinski definition) is 1. The summed E-state index contributed by atoms with van der Waals surface area (Å²) in [6.07, 6.45) is 5.04. The van der Waals surface area contributed by atoms with Crippen LogP contribution in [0.2, 0.25) is 0 Å². The number of aromatic nitrogens is 3. The van der Waals surface area contributed by atoms with Crippen LogP contribution in [0.15, 0.2) is 122 Å². The summed E-state index contributed by atoms with van der Waals surface area (Å²) >= 11 is 0. The molecule has 3 heterocycles. The fourth-order valence-electron chi connectivity index (χ4n) is 5.41. The maximum absolute atomic E-state index is 10.9. The smallest absolute Gasteiger partial charge is 0.136 e. The third-order valence-corrected chi connectivity index (χ3v) is 8.09. The van der Waals surface area contributed by atoms with Crippen molar-refractivity contribution in [2.75, 3.05) is 4.90 Å². The molecule has 0 bridgehead atoms. The van der Waals surface area contributed by atoms with Gasteiger partial charge >= 0.3 is 0 Å². The van der Waals surface area contributed by atoms with Gasteiger partial charge < -0.3 is 10.0 Å². The van der Waals surface area contributed by atoms with Gasteiger partial charge in [0, 0.05) is 45.3 Å². The van der Waals surface area contributed by atoms with Crippen molar-refractivity contribution in [2.45, 2.75) is 52.4 Å². The van der Waals surface area contributed by atoms with Crippen LogP contribution in [0.1, 0.15) is 52.7 Å². The van der Waals surface area contributed by atoms with Gasteiger partial charge in [-0.05, 0) is 80.9 Å². The van der Waals surface area contributed by atoms with E-state index in [9.17, 15) is 5.11 Å². The summed E-state index contributed by atoms with van der Waals surface area (Å²) in [5, 5.41) is 10.9. The first-order valence-electron chi connectivity index (χ1n) is 15.6. The summed E-state index contributed by atoms with van der Waals surface area (Å²) in [7, 11) is 0. The molecule has 0 amide bonds. The van der Waals surface area contributed by atoms with Gasteiger partial charge in [0.15, 0.2) is 0 Å². The Labute approximate surface area is 292 Å². The Morgan fingerprint density at radius 1 is 0.660 bits per heavy atom. The fourth-order valence-corrected chi connectivity index (χ4v) is 5.41. The van der Waals surface area contributed by atoms with E-state index in [2.05, 4.69) is 98.9 Å². The molecule has 6 heteroatoms. The standard InChI is InChI=1S/C41H39N4O.Pt/c1-40(2,3)31-21-29(22-32(26-31)41(4,5)6)30-24-36(44-37(25-30)35-27-42-20-18-38(35)46)28-13-12-16-34(23-28)45(33-14-8-7-9-15-33)39-17-10-11-19-43-39;/h7-22,24-27H,1-6H3,(H,42,46);/q-1;. The van der Waals surface area contributed by atoms with Gasteiger partial charge in [-0.1, -0.05) is 90.1 Å². The normalized spacial score (nSPS) is 11.5. The number of para-hydroxylation sites is 1. The summed E-state index contributed by atoms with van der Waals surface area (Å²) in [5.41, 5.74) is 9.15. The topological polar surface area (TPSA) is 62.1 Å². The molecule has 0 aliphatic heterocycles. The molecule has 0 unspecified atom stereocenters. The molecule has 0 aliphatic rings. The van der Waals surface area contributed by atoms with Crippen molar-refractivity contribution in [3.05, 3.63) is 139 Å². The first-order valence-corrected chi connectivity index (χ1v) is 15.6. The zero-order chi connectivity index (χ0) is 32.5. The molecule has 3 aromatic carbocycles. The summed E-state index contributed by atoms with van der Waals surface area (Å²) in [6, 6.07) is 38.4. The van der Waals surface area contributed by atoms with E-state index in [1.807, 2.05) is 60.7 Å². The molecule has 0 aliphatic carbocycles. The molecular formula is C41H39N4OPt-. The minimum atomic E-state index is -0.0369. The summed E-state index contributed by atoms with van der Waals surface area (Å²) < 4.78 is 0. The van der Waals surface area contributed by atoms with Crippen LogP contribution in [0.25, 0.3) is 33.6 Å². The average Bonchev–Trinajstić information content (AvgIpc) is 3.05. The van der Waals surface area contributed by atoms with E-state index in [0.29, 0.717) is 11.3 Å². The van der Waals surface area contributed by atoms with Crippen LogP contribution >= 0.6 is 0 Å². The Bertz CT molecular complexity index is 1910. The minimum Gasteiger partial charge on any atom is -0.507 e. The van der Waals surface area contributed by atoms with E-state index in [4.69, 9.17) is 4.98 Å². The van der Waals surface area contributed by atoms with E-state index < -0.39 is 0 Å². The number of hydrogen-bond acceptors (Lipinski definition) is 5. The van der Waals surface area contributed by atoms with Gasteiger partial charge in [-0.15, -0.1) is 29.8 Å². The number of aromatic hydroxyl groups is 1. The third-order valence-electron chi connectivity index (χ3n) is 8.09. The number of nitrogens with zero attached hydrogens (tertiary/aromatic N) is 4. The second-order valence-corrected chi connectivity index (χ2v) is 13.6. The van der Waals surface area contributed by atoms with E-state index >= 15 is 0 Å². The molecule has 0 saturated heterocycles. The van der Waals surface area contributed by atoms with Crippen LogP contribution in [0.3, 0.4) is 0 Å². The average molecular weight is 799 g/mol. The molecule has 47 heavy (non-hydrogen) atoms. The van der Waals surface area contributed by atoms with Gasteiger partial charge in [-0.25, -0.2) is 4.98 Å². The zero-order valence-electron chi connectivity index (χ0n) is 27.6.